The highest BCUT2D eigenvalue weighted by atomic mass is 35.5. The van der Waals surface area contributed by atoms with Gasteiger partial charge in [0.2, 0.25) is 0 Å². The Morgan fingerprint density at radius 2 is 1.51 bits per heavy atom. The molecule has 1 atom stereocenters. The fourth-order valence-corrected chi connectivity index (χ4v) is 4.13. The molecule has 7 nitrogen and oxygen atoms in total. The fourth-order valence-electron chi connectivity index (χ4n) is 4.00. The van der Waals surface area contributed by atoms with Crippen molar-refractivity contribution in [2.45, 2.75) is 12.6 Å². The van der Waals surface area contributed by atoms with Crippen LogP contribution in [0.2, 0.25) is 5.02 Å². The maximum atomic E-state index is 13.2. The second-order valence-electron chi connectivity index (χ2n) is 7.90. The number of hydrogen-bond donors (Lipinski definition) is 1. The molecule has 1 aliphatic rings. The van der Waals surface area contributed by atoms with Gasteiger partial charge in [-0.2, -0.15) is 0 Å². The van der Waals surface area contributed by atoms with Crippen LogP contribution in [0.25, 0.3) is 5.76 Å². The number of nitrogens with zero attached hydrogens (tertiary/aromatic N) is 1. The summed E-state index contributed by atoms with van der Waals surface area (Å²) in [4.78, 5) is 39.5. The molecule has 1 heterocycles. The van der Waals surface area contributed by atoms with Crippen LogP contribution in [0.3, 0.4) is 0 Å². The van der Waals surface area contributed by atoms with Crippen molar-refractivity contribution in [3.63, 3.8) is 0 Å². The smallest absolute Gasteiger partial charge is 0.337 e. The molecule has 1 unspecified atom stereocenters. The first-order chi connectivity index (χ1) is 16.8. The van der Waals surface area contributed by atoms with Crippen LogP contribution in [-0.4, -0.2) is 41.9 Å². The number of Topliss-reactive ketones (excluding diaryl/α,β-unsaturated/α-hetero) is 1. The van der Waals surface area contributed by atoms with Gasteiger partial charge in [0.1, 0.15) is 11.5 Å². The number of ether oxygens (including phenoxy) is 2. The molecular formula is C27H22ClNO6. The van der Waals surface area contributed by atoms with Crippen LogP contribution in [0, 0.1) is 0 Å². The number of benzene rings is 3. The topological polar surface area (TPSA) is 93.1 Å². The standard InChI is InChI=1S/C27H22ClNO6/c1-34-21-13-9-17(10-14-21)23-22(24(30)18-7-11-20(28)12-8-18)25(31)26(32)29(23)15-16-3-5-19(6-4-16)27(33)35-2/h3-14,23,30H,15H2,1-2H3/b24-22+. The van der Waals surface area contributed by atoms with Crippen molar-refractivity contribution >= 4 is 35.0 Å². The van der Waals surface area contributed by atoms with Crippen molar-refractivity contribution in [2.24, 2.45) is 0 Å². The first-order valence-corrected chi connectivity index (χ1v) is 11.1. The molecule has 0 spiro atoms. The van der Waals surface area contributed by atoms with Crippen molar-refractivity contribution < 1.29 is 29.0 Å². The van der Waals surface area contributed by atoms with E-state index in [0.29, 0.717) is 33.0 Å². The van der Waals surface area contributed by atoms with Gasteiger partial charge < -0.3 is 19.5 Å². The lowest BCUT2D eigenvalue weighted by Crippen LogP contribution is -2.29. The summed E-state index contributed by atoms with van der Waals surface area (Å²) in [6.45, 7) is 0.0835. The number of likely N-dealkylation sites (tertiary alicyclic amines) is 1. The monoisotopic (exact) mass is 491 g/mol. The lowest BCUT2D eigenvalue weighted by atomic mass is 9.95. The molecule has 0 aromatic heterocycles. The van der Waals surface area contributed by atoms with Gasteiger partial charge in [0.05, 0.1) is 31.4 Å². The first-order valence-electron chi connectivity index (χ1n) is 10.7. The third-order valence-electron chi connectivity index (χ3n) is 5.82. The third kappa shape index (κ3) is 4.76. The van der Waals surface area contributed by atoms with Gasteiger partial charge in [0.15, 0.2) is 0 Å². The maximum Gasteiger partial charge on any atom is 0.337 e. The van der Waals surface area contributed by atoms with Crippen molar-refractivity contribution in [3.8, 4) is 5.75 Å². The highest BCUT2D eigenvalue weighted by Gasteiger charge is 2.46. The summed E-state index contributed by atoms with van der Waals surface area (Å²) in [6, 6.07) is 19.0. The Morgan fingerprint density at radius 3 is 2.09 bits per heavy atom. The highest BCUT2D eigenvalue weighted by Crippen LogP contribution is 2.40. The summed E-state index contributed by atoms with van der Waals surface area (Å²) < 4.78 is 9.96. The number of amides is 1. The van der Waals surface area contributed by atoms with Crippen LogP contribution < -0.4 is 4.74 Å². The summed E-state index contributed by atoms with van der Waals surface area (Å²) in [5.41, 5.74) is 2.05. The number of carbonyl (C=O) groups is 3. The average Bonchev–Trinajstić information content (AvgIpc) is 3.13. The van der Waals surface area contributed by atoms with E-state index in [1.165, 1.54) is 12.0 Å². The molecule has 0 radical (unpaired) electrons. The molecule has 4 rings (SSSR count). The zero-order valence-corrected chi connectivity index (χ0v) is 19.8. The second kappa shape index (κ2) is 10.0. The van der Waals surface area contributed by atoms with E-state index >= 15 is 0 Å². The van der Waals surface area contributed by atoms with Crippen molar-refractivity contribution in [1.29, 1.82) is 0 Å². The minimum Gasteiger partial charge on any atom is -0.507 e. The number of carbonyl (C=O) groups excluding carboxylic acids is 3. The van der Waals surface area contributed by atoms with Gasteiger partial charge in [0, 0.05) is 17.1 Å². The predicted octanol–water partition coefficient (Wildman–Crippen LogP) is 4.76. The maximum absolute atomic E-state index is 13.2. The normalized spacial score (nSPS) is 16.9. The molecular weight excluding hydrogens is 470 g/mol. The quantitative estimate of drug-likeness (QED) is 0.231. The molecule has 178 valence electrons. The van der Waals surface area contributed by atoms with Crippen molar-refractivity contribution in [2.75, 3.05) is 14.2 Å². The number of methoxy groups -OCH3 is 2. The van der Waals surface area contributed by atoms with E-state index in [0.717, 1.165) is 0 Å². The van der Waals surface area contributed by atoms with Crippen LogP contribution in [-0.2, 0) is 20.9 Å². The Bertz CT molecular complexity index is 1300. The summed E-state index contributed by atoms with van der Waals surface area (Å²) in [7, 11) is 2.84. The Kier molecular flexibility index (Phi) is 6.89. The van der Waals surface area contributed by atoms with E-state index in [1.807, 2.05) is 0 Å². The van der Waals surface area contributed by atoms with E-state index < -0.39 is 23.7 Å². The van der Waals surface area contributed by atoms with Gasteiger partial charge in [-0.3, -0.25) is 9.59 Å². The van der Waals surface area contributed by atoms with Crippen molar-refractivity contribution in [3.05, 3.63) is 106 Å². The number of esters is 1. The minimum atomic E-state index is -0.836. The number of ketones is 1. The number of aliphatic hydroxyl groups excluding tert-OH is 1. The van der Waals surface area contributed by atoms with Gasteiger partial charge in [-0.1, -0.05) is 35.9 Å². The molecule has 1 amide bonds. The molecule has 3 aromatic carbocycles. The van der Waals surface area contributed by atoms with Crippen LogP contribution in [0.15, 0.2) is 78.4 Å². The third-order valence-corrected chi connectivity index (χ3v) is 6.07. The van der Waals surface area contributed by atoms with E-state index in [9.17, 15) is 19.5 Å². The molecule has 35 heavy (non-hydrogen) atoms. The van der Waals surface area contributed by atoms with Crippen LogP contribution in [0.4, 0.5) is 0 Å². The SMILES string of the molecule is COC(=O)c1ccc(CN2C(=O)C(=O)/C(=C(/O)c3ccc(Cl)cc3)C2c2ccc(OC)cc2)cc1. The largest absolute Gasteiger partial charge is 0.507 e. The zero-order chi connectivity index (χ0) is 25.1. The van der Waals surface area contributed by atoms with Crippen LogP contribution in [0.5, 0.6) is 5.75 Å². The molecule has 0 aliphatic carbocycles. The van der Waals surface area contributed by atoms with E-state index in [2.05, 4.69) is 0 Å². The molecule has 1 fully saturated rings. The molecule has 1 aliphatic heterocycles. The van der Waals surface area contributed by atoms with Gasteiger partial charge in [-0.05, 0) is 59.7 Å². The molecule has 0 saturated carbocycles. The number of hydrogen-bond acceptors (Lipinski definition) is 6. The number of halogens is 1. The van der Waals surface area contributed by atoms with Crippen LogP contribution in [0.1, 0.15) is 33.1 Å². The van der Waals surface area contributed by atoms with Gasteiger partial charge >= 0.3 is 5.97 Å². The van der Waals surface area contributed by atoms with Gasteiger partial charge in [0.25, 0.3) is 11.7 Å². The van der Waals surface area contributed by atoms with Crippen LogP contribution >= 0.6 is 11.6 Å². The summed E-state index contributed by atoms with van der Waals surface area (Å²) in [5, 5.41) is 11.6. The van der Waals surface area contributed by atoms with E-state index in [-0.39, 0.29) is 17.9 Å². The summed E-state index contributed by atoms with van der Waals surface area (Å²) in [6.07, 6.45) is 0. The predicted molar refractivity (Wildman–Crippen MR) is 130 cm³/mol. The average molecular weight is 492 g/mol. The number of rotatable bonds is 6. The Morgan fingerprint density at radius 1 is 0.914 bits per heavy atom. The first kappa shape index (κ1) is 24.0. The molecule has 1 N–H and O–H groups in total. The molecule has 8 heteroatoms. The van der Waals surface area contributed by atoms with E-state index in [1.54, 1.807) is 79.9 Å². The molecule has 0 bridgehead atoms. The lowest BCUT2D eigenvalue weighted by molar-refractivity contribution is -0.140. The van der Waals surface area contributed by atoms with Crippen molar-refractivity contribution in [1.82, 2.24) is 4.90 Å². The van der Waals surface area contributed by atoms with Gasteiger partial charge in [-0.15, -0.1) is 0 Å². The highest BCUT2D eigenvalue weighted by molar-refractivity contribution is 6.46. The number of aliphatic hydroxyl groups is 1. The van der Waals surface area contributed by atoms with E-state index in [4.69, 9.17) is 21.1 Å². The summed E-state index contributed by atoms with van der Waals surface area (Å²) >= 11 is 5.97. The molecule has 3 aromatic rings. The summed E-state index contributed by atoms with van der Waals surface area (Å²) in [5.74, 6) is -1.67. The fraction of sp³-hybridized carbons (Fsp3) is 0.148. The molecule has 1 saturated heterocycles. The second-order valence-corrected chi connectivity index (χ2v) is 8.33. The zero-order valence-electron chi connectivity index (χ0n) is 19.0. The minimum absolute atomic E-state index is 0.0197. The Balaban J connectivity index is 1.79. The Hall–Kier alpha value is -4.10. The lowest BCUT2D eigenvalue weighted by Gasteiger charge is -2.25. The van der Waals surface area contributed by atoms with Gasteiger partial charge in [-0.25, -0.2) is 4.79 Å². The Labute approximate surface area is 207 Å².